The van der Waals surface area contributed by atoms with Crippen LogP contribution in [-0.4, -0.2) is 24.1 Å². The third kappa shape index (κ3) is 6.68. The number of rotatable bonds is 8. The van der Waals surface area contributed by atoms with E-state index in [2.05, 4.69) is 234 Å². The molecule has 13 rings (SSSR count). The fraction of sp³-hybridized carbons (Fsp3) is 0. The van der Waals surface area contributed by atoms with Crippen LogP contribution in [0.1, 0.15) is 0 Å². The third-order valence-corrected chi connectivity index (χ3v) is 13.2. The van der Waals surface area contributed by atoms with Crippen LogP contribution in [0.15, 0.2) is 249 Å². The van der Waals surface area contributed by atoms with E-state index >= 15 is 0 Å². The zero-order valence-electron chi connectivity index (χ0n) is 36.9. The quantitative estimate of drug-likeness (QED) is 0.153. The Morgan fingerprint density at radius 1 is 0.235 bits per heavy atom. The predicted octanol–water partition coefficient (Wildman–Crippen LogP) is 16.1. The summed E-state index contributed by atoms with van der Waals surface area (Å²) in [5, 5.41) is 4.60. The van der Waals surface area contributed by atoms with Crippen molar-refractivity contribution in [2.24, 2.45) is 0 Å². The molecule has 0 radical (unpaired) electrons. The standard InChI is InChI=1S/C63H41N5/c1-5-19-42(20-6-1)44-35-37-47(38-36-44)62-64-61(46-25-11-4-12-26-46)65-63(66-62)68-57-34-16-14-30-53(57)55-40-54-52-29-13-15-33-56(52)67(58(54)41-59(55)68)60-50(45-23-9-3-10-24-45)31-18-32-51(60)49-28-17-27-48(39-49)43-21-7-2-8-22-43/h1-41H. The second-order valence-corrected chi connectivity index (χ2v) is 17.2. The Balaban J connectivity index is 1.09. The summed E-state index contributed by atoms with van der Waals surface area (Å²) in [5.74, 6) is 1.77. The smallest absolute Gasteiger partial charge is 0.238 e. The van der Waals surface area contributed by atoms with Crippen LogP contribution in [0.2, 0.25) is 0 Å². The van der Waals surface area contributed by atoms with Crippen LogP contribution in [0.5, 0.6) is 0 Å². The molecule has 318 valence electrons. The summed E-state index contributed by atoms with van der Waals surface area (Å²) < 4.78 is 4.72. The van der Waals surface area contributed by atoms with Crippen LogP contribution in [-0.2, 0) is 0 Å². The zero-order chi connectivity index (χ0) is 45.0. The van der Waals surface area contributed by atoms with E-state index in [1.54, 1.807) is 0 Å². The topological polar surface area (TPSA) is 48.5 Å². The summed E-state index contributed by atoms with van der Waals surface area (Å²) in [5.41, 5.74) is 16.4. The van der Waals surface area contributed by atoms with Crippen molar-refractivity contribution in [2.75, 3.05) is 0 Å². The summed E-state index contributed by atoms with van der Waals surface area (Å²) in [7, 11) is 0. The van der Waals surface area contributed by atoms with Gasteiger partial charge in [0.25, 0.3) is 0 Å². The van der Waals surface area contributed by atoms with E-state index in [0.717, 1.165) is 83.0 Å². The molecule has 0 fully saturated rings. The van der Waals surface area contributed by atoms with Gasteiger partial charge in [0, 0.05) is 43.8 Å². The zero-order valence-corrected chi connectivity index (χ0v) is 36.9. The van der Waals surface area contributed by atoms with Gasteiger partial charge in [0.1, 0.15) is 0 Å². The average molecular weight is 868 g/mol. The number of nitrogens with zero attached hydrogens (tertiary/aromatic N) is 5. The van der Waals surface area contributed by atoms with E-state index in [4.69, 9.17) is 15.0 Å². The maximum atomic E-state index is 5.35. The summed E-state index contributed by atoms with van der Waals surface area (Å²) in [4.78, 5) is 15.8. The maximum Gasteiger partial charge on any atom is 0.238 e. The van der Waals surface area contributed by atoms with Crippen LogP contribution < -0.4 is 0 Å². The highest BCUT2D eigenvalue weighted by atomic mass is 15.2. The van der Waals surface area contributed by atoms with Crippen LogP contribution in [0.25, 0.3) is 123 Å². The normalized spacial score (nSPS) is 11.5. The minimum Gasteiger partial charge on any atom is -0.308 e. The molecule has 0 N–H and O–H groups in total. The lowest BCUT2D eigenvalue weighted by molar-refractivity contribution is 0.953. The van der Waals surface area contributed by atoms with Crippen molar-refractivity contribution < 1.29 is 0 Å². The highest BCUT2D eigenvalue weighted by Crippen LogP contribution is 2.44. The molecule has 10 aromatic carbocycles. The predicted molar refractivity (Wildman–Crippen MR) is 281 cm³/mol. The molecule has 3 heterocycles. The first-order valence-electron chi connectivity index (χ1n) is 23.0. The molecule has 0 saturated heterocycles. The van der Waals surface area contributed by atoms with E-state index in [-0.39, 0.29) is 0 Å². The van der Waals surface area contributed by atoms with E-state index in [0.29, 0.717) is 17.6 Å². The first-order chi connectivity index (χ1) is 33.7. The number of benzene rings is 10. The molecule has 5 nitrogen and oxygen atoms in total. The molecule has 3 aromatic heterocycles. The molecular weight excluding hydrogens is 827 g/mol. The summed E-state index contributed by atoms with van der Waals surface area (Å²) in [6, 6.07) is 88.4. The van der Waals surface area contributed by atoms with Crippen molar-refractivity contribution in [1.82, 2.24) is 24.1 Å². The van der Waals surface area contributed by atoms with Gasteiger partial charge in [-0.05, 0) is 63.7 Å². The lowest BCUT2D eigenvalue weighted by atomic mass is 9.93. The van der Waals surface area contributed by atoms with Crippen molar-refractivity contribution >= 4 is 43.6 Å². The van der Waals surface area contributed by atoms with Gasteiger partial charge in [0.2, 0.25) is 5.95 Å². The highest BCUT2D eigenvalue weighted by molar-refractivity contribution is 6.19. The largest absolute Gasteiger partial charge is 0.308 e. The summed E-state index contributed by atoms with van der Waals surface area (Å²) in [6.45, 7) is 0. The summed E-state index contributed by atoms with van der Waals surface area (Å²) >= 11 is 0. The van der Waals surface area contributed by atoms with E-state index in [9.17, 15) is 0 Å². The number of para-hydroxylation sites is 3. The average Bonchev–Trinajstić information content (AvgIpc) is 3.92. The molecule has 0 aliphatic carbocycles. The van der Waals surface area contributed by atoms with Gasteiger partial charge in [-0.2, -0.15) is 9.97 Å². The van der Waals surface area contributed by atoms with Crippen LogP contribution in [0.3, 0.4) is 0 Å². The first-order valence-corrected chi connectivity index (χ1v) is 23.0. The second kappa shape index (κ2) is 16.4. The molecular formula is C63H41N5. The van der Waals surface area contributed by atoms with Crippen LogP contribution in [0.4, 0.5) is 0 Å². The molecule has 68 heavy (non-hydrogen) atoms. The second-order valence-electron chi connectivity index (χ2n) is 17.2. The number of fused-ring (bicyclic) bond motifs is 6. The van der Waals surface area contributed by atoms with Gasteiger partial charge < -0.3 is 4.57 Å². The molecule has 5 heteroatoms. The molecule has 0 spiro atoms. The van der Waals surface area contributed by atoms with Crippen LogP contribution >= 0.6 is 0 Å². The molecule has 0 atom stereocenters. The van der Waals surface area contributed by atoms with Crippen LogP contribution in [0, 0.1) is 0 Å². The van der Waals surface area contributed by atoms with Crippen molar-refractivity contribution in [1.29, 1.82) is 0 Å². The van der Waals surface area contributed by atoms with Gasteiger partial charge in [0.05, 0.1) is 27.8 Å². The minimum absolute atomic E-state index is 0.553. The van der Waals surface area contributed by atoms with Crippen molar-refractivity contribution in [3.05, 3.63) is 249 Å². The lowest BCUT2D eigenvalue weighted by Crippen LogP contribution is -2.06. The Labute approximate surface area is 393 Å². The number of hydrogen-bond donors (Lipinski definition) is 0. The number of aromatic nitrogens is 5. The van der Waals surface area contributed by atoms with E-state index < -0.39 is 0 Å². The molecule has 0 amide bonds. The Morgan fingerprint density at radius 3 is 1.26 bits per heavy atom. The Bertz CT molecular complexity index is 3990. The molecule has 0 saturated carbocycles. The van der Waals surface area contributed by atoms with Crippen molar-refractivity contribution in [2.45, 2.75) is 0 Å². The Morgan fingerprint density at radius 2 is 0.647 bits per heavy atom. The van der Waals surface area contributed by atoms with Gasteiger partial charge >= 0.3 is 0 Å². The Kier molecular flexibility index (Phi) is 9.43. The van der Waals surface area contributed by atoms with Crippen molar-refractivity contribution in [3.8, 4) is 78.9 Å². The molecule has 0 aliphatic rings. The van der Waals surface area contributed by atoms with Gasteiger partial charge in [-0.1, -0.05) is 218 Å². The maximum absolute atomic E-state index is 5.35. The monoisotopic (exact) mass is 867 g/mol. The number of hydrogen-bond acceptors (Lipinski definition) is 3. The SMILES string of the molecule is c1ccc(-c2ccc(-c3nc(-c4ccccc4)nc(-n4c5ccccc5c5cc6c7ccccc7n(-c7c(-c8ccccc8)cccc7-c7cccc(-c8ccccc8)c7)c6cc54)n3)cc2)cc1. The fourth-order valence-electron chi connectivity index (χ4n) is 10.0. The lowest BCUT2D eigenvalue weighted by Gasteiger charge is -2.20. The third-order valence-electron chi connectivity index (χ3n) is 13.2. The van der Waals surface area contributed by atoms with E-state index in [1.807, 2.05) is 24.3 Å². The molecule has 0 aliphatic heterocycles. The molecule has 0 bridgehead atoms. The van der Waals surface area contributed by atoms with E-state index in [1.165, 1.54) is 21.9 Å². The molecule has 0 unspecified atom stereocenters. The van der Waals surface area contributed by atoms with Gasteiger partial charge in [-0.25, -0.2) is 4.98 Å². The van der Waals surface area contributed by atoms with Gasteiger partial charge in [0.15, 0.2) is 11.6 Å². The summed E-state index contributed by atoms with van der Waals surface area (Å²) in [6.07, 6.45) is 0. The van der Waals surface area contributed by atoms with Gasteiger partial charge in [-0.15, -0.1) is 0 Å². The molecule has 13 aromatic rings. The fourth-order valence-corrected chi connectivity index (χ4v) is 10.0. The van der Waals surface area contributed by atoms with Gasteiger partial charge in [-0.3, -0.25) is 4.57 Å². The minimum atomic E-state index is 0.553. The highest BCUT2D eigenvalue weighted by Gasteiger charge is 2.24. The first kappa shape index (κ1) is 39.2. The van der Waals surface area contributed by atoms with Crippen molar-refractivity contribution in [3.63, 3.8) is 0 Å². The Hall–Kier alpha value is -9.19.